The van der Waals surface area contributed by atoms with E-state index in [1.807, 2.05) is 0 Å². The Morgan fingerprint density at radius 3 is 2.38 bits per heavy atom. The zero-order valence-electron chi connectivity index (χ0n) is 29.3. The summed E-state index contributed by atoms with van der Waals surface area (Å²) in [5.74, 6) is -2.58. The van der Waals surface area contributed by atoms with E-state index in [2.05, 4.69) is 25.0 Å². The normalized spacial score (nSPS) is 16.5. The number of aliphatic hydroxyl groups is 2. The topological polar surface area (TPSA) is 247 Å². The van der Waals surface area contributed by atoms with E-state index in [9.17, 15) is 28.2 Å². The van der Waals surface area contributed by atoms with Crippen LogP contribution in [-0.4, -0.2) is 82.9 Å². The van der Waals surface area contributed by atoms with Crippen molar-refractivity contribution in [2.24, 2.45) is 0 Å². The number of amides is 2. The quantitative estimate of drug-likeness (QED) is 0.0922. The van der Waals surface area contributed by atoms with Crippen LogP contribution in [-0.2, 0) is 29.7 Å². The highest BCUT2D eigenvalue weighted by molar-refractivity contribution is 7.78. The minimum atomic E-state index is -2.20. The molecule has 1 aliphatic heterocycles. The van der Waals surface area contributed by atoms with Gasteiger partial charge >= 0.3 is 6.09 Å². The van der Waals surface area contributed by atoms with Crippen molar-refractivity contribution in [1.29, 1.82) is 0 Å². The molecule has 18 nitrogen and oxygen atoms in total. The van der Waals surface area contributed by atoms with Gasteiger partial charge in [-0.1, -0.05) is 24.3 Å². The second-order valence-electron chi connectivity index (χ2n) is 13.0. The number of carbonyl (C=O) groups is 3. The molecule has 19 heteroatoms. The van der Waals surface area contributed by atoms with Crippen LogP contribution in [0.2, 0.25) is 0 Å². The third kappa shape index (κ3) is 10.5. The lowest BCUT2D eigenvalue weighted by Gasteiger charge is -2.19. The highest BCUT2D eigenvalue weighted by atomic mass is 32.2. The van der Waals surface area contributed by atoms with Crippen molar-refractivity contribution >= 4 is 46.0 Å². The Morgan fingerprint density at radius 1 is 1.02 bits per heavy atom. The molecule has 280 valence electrons. The number of ether oxygens (including phenoxy) is 3. The molecule has 1 fully saturated rings. The predicted octanol–water partition coefficient (Wildman–Crippen LogP) is 2.20. The van der Waals surface area contributed by atoms with Gasteiger partial charge in [-0.2, -0.15) is 0 Å². The lowest BCUT2D eigenvalue weighted by molar-refractivity contribution is -0.127. The van der Waals surface area contributed by atoms with Crippen molar-refractivity contribution in [3.63, 3.8) is 0 Å². The van der Waals surface area contributed by atoms with Gasteiger partial charge < -0.3 is 24.4 Å². The van der Waals surface area contributed by atoms with Crippen LogP contribution in [0, 0.1) is 0 Å². The van der Waals surface area contributed by atoms with E-state index in [1.165, 1.54) is 45.7 Å². The molecule has 52 heavy (non-hydrogen) atoms. The van der Waals surface area contributed by atoms with Crippen LogP contribution in [0.5, 0.6) is 5.75 Å². The second kappa shape index (κ2) is 16.6. The van der Waals surface area contributed by atoms with Crippen LogP contribution in [0.3, 0.4) is 0 Å². The van der Waals surface area contributed by atoms with Crippen molar-refractivity contribution in [3.05, 3.63) is 62.9 Å². The summed E-state index contributed by atoms with van der Waals surface area (Å²) < 4.78 is 37.9. The zero-order chi connectivity index (χ0) is 38.4. The number of anilines is 1. The monoisotopic (exact) mass is 744 g/mol. The summed E-state index contributed by atoms with van der Waals surface area (Å²) in [6, 6.07) is 6.22. The van der Waals surface area contributed by atoms with Gasteiger partial charge in [0.2, 0.25) is 11.3 Å². The molecule has 3 unspecified atom stereocenters. The summed E-state index contributed by atoms with van der Waals surface area (Å²) in [6.07, 6.45) is 1.75. The standard InChI is InChI=1S/C30H32N6O10S.C3H8O2/c1-30(2,3)46-29(41)34-27-23-28(32-14-31-27)36(15-33-23)21-12-9-16(45-21)13-44-47(42)35-20(38)11-10-19(37)17-7-5-6-8-18(17)22-24(39)25(40)26(22)43-4;1-3(2,4)5/h5-8,14-16,21H,9-13H2,1-4H3,(H,35,38)(H,31,32,34,41);4-5H,1-2H3. The molecule has 2 amide bonds. The first-order valence-electron chi connectivity index (χ1n) is 16.0. The lowest BCUT2D eigenvalue weighted by atomic mass is 9.92. The SMILES string of the molecule is CC(C)(O)O.COc1c(-c2ccccc2C(=O)CCC(=O)NS(=O)OCC2CCC(n3cnc4c(NC(=O)OC(C)(C)C)ncnc43)O2)c(=O)c1=O. The Balaban J connectivity index is 0.00000113. The number of Topliss-reactive ketones (excluding diaryl/α,β-unsaturated/α-hetero) is 1. The lowest BCUT2D eigenvalue weighted by Crippen LogP contribution is -2.34. The number of rotatable bonds is 12. The highest BCUT2D eigenvalue weighted by Gasteiger charge is 2.30. The third-order valence-corrected chi connectivity index (χ3v) is 7.82. The molecule has 0 radical (unpaired) electrons. The van der Waals surface area contributed by atoms with Crippen molar-refractivity contribution < 1.29 is 47.2 Å². The number of fused-ring (bicyclic) bond motifs is 1. The Kier molecular flexibility index (Phi) is 12.7. The molecule has 1 saturated heterocycles. The van der Waals surface area contributed by atoms with Gasteiger partial charge in [0.05, 0.1) is 31.7 Å². The van der Waals surface area contributed by atoms with E-state index in [0.717, 1.165) is 0 Å². The number of ketones is 1. The smallest absolute Gasteiger partial charge is 0.413 e. The largest absolute Gasteiger partial charge is 0.492 e. The Bertz CT molecular complexity index is 2020. The van der Waals surface area contributed by atoms with Crippen LogP contribution in [0.25, 0.3) is 22.3 Å². The average Bonchev–Trinajstić information content (AvgIpc) is 3.71. The number of carbonyl (C=O) groups excluding carboxylic acids is 3. The summed E-state index contributed by atoms with van der Waals surface area (Å²) >= 11 is -2.20. The minimum Gasteiger partial charge on any atom is -0.492 e. The molecule has 0 saturated carbocycles. The molecule has 4 N–H and O–H groups in total. The van der Waals surface area contributed by atoms with E-state index in [0.29, 0.717) is 24.0 Å². The van der Waals surface area contributed by atoms with Crippen molar-refractivity contribution in [3.8, 4) is 16.9 Å². The van der Waals surface area contributed by atoms with E-state index >= 15 is 0 Å². The van der Waals surface area contributed by atoms with Crippen LogP contribution in [0.15, 0.2) is 46.5 Å². The number of nitrogens with one attached hydrogen (secondary N) is 2. The van der Waals surface area contributed by atoms with Gasteiger partial charge in [0, 0.05) is 24.0 Å². The number of methoxy groups -OCH3 is 1. The van der Waals surface area contributed by atoms with E-state index in [1.54, 1.807) is 37.5 Å². The van der Waals surface area contributed by atoms with Gasteiger partial charge in [0.1, 0.15) is 18.2 Å². The summed E-state index contributed by atoms with van der Waals surface area (Å²) in [7, 11) is 1.26. The van der Waals surface area contributed by atoms with Crippen LogP contribution in [0.4, 0.5) is 10.6 Å². The fourth-order valence-electron chi connectivity index (χ4n) is 5.00. The molecule has 3 heterocycles. The van der Waals surface area contributed by atoms with Gasteiger partial charge in [-0.25, -0.2) is 24.0 Å². The Hall–Kier alpha value is -4.95. The molecule has 2 aromatic carbocycles. The number of benzene rings is 1. The van der Waals surface area contributed by atoms with Crippen molar-refractivity contribution in [2.75, 3.05) is 19.0 Å². The maximum Gasteiger partial charge on any atom is 0.413 e. The van der Waals surface area contributed by atoms with Crippen molar-refractivity contribution in [2.45, 2.75) is 84.0 Å². The second-order valence-corrected chi connectivity index (χ2v) is 13.9. The summed E-state index contributed by atoms with van der Waals surface area (Å²) in [5, 5.41) is 18.7. The predicted molar refractivity (Wildman–Crippen MR) is 186 cm³/mol. The summed E-state index contributed by atoms with van der Waals surface area (Å²) in [5.41, 5.74) is -1.02. The zero-order valence-corrected chi connectivity index (χ0v) is 30.1. The van der Waals surface area contributed by atoms with Crippen LogP contribution < -0.4 is 25.6 Å². The average molecular weight is 745 g/mol. The first kappa shape index (κ1) is 39.8. The van der Waals surface area contributed by atoms with Gasteiger partial charge in [-0.15, -0.1) is 0 Å². The highest BCUT2D eigenvalue weighted by Crippen LogP contribution is 2.32. The molecule has 4 aromatic rings. The molecule has 3 atom stereocenters. The Labute approximate surface area is 300 Å². The number of nitrogens with zero attached hydrogens (tertiary/aromatic N) is 4. The molecular weight excluding hydrogens is 704 g/mol. The van der Waals surface area contributed by atoms with Crippen LogP contribution in [0.1, 0.15) is 76.9 Å². The van der Waals surface area contributed by atoms with Gasteiger partial charge in [0.15, 0.2) is 34.3 Å². The molecule has 0 aliphatic carbocycles. The first-order valence-corrected chi connectivity index (χ1v) is 17.1. The van der Waals surface area contributed by atoms with E-state index in [-0.39, 0.29) is 47.7 Å². The van der Waals surface area contributed by atoms with E-state index in [4.69, 9.17) is 28.6 Å². The van der Waals surface area contributed by atoms with Crippen LogP contribution >= 0.6 is 0 Å². The Morgan fingerprint density at radius 2 is 1.71 bits per heavy atom. The summed E-state index contributed by atoms with van der Waals surface area (Å²) in [6.45, 7) is 7.73. The number of aromatic nitrogens is 4. The van der Waals surface area contributed by atoms with E-state index < -0.39 is 63.6 Å². The van der Waals surface area contributed by atoms with Crippen molar-refractivity contribution in [1.82, 2.24) is 24.2 Å². The fourth-order valence-corrected chi connectivity index (χ4v) is 5.62. The molecule has 5 rings (SSSR count). The van der Waals surface area contributed by atoms with Gasteiger partial charge in [-0.05, 0) is 47.5 Å². The molecule has 2 aromatic heterocycles. The molecular formula is C33H40N6O12S. The first-order chi connectivity index (χ1) is 24.4. The van der Waals surface area contributed by atoms with Gasteiger partial charge in [-0.3, -0.25) is 38.0 Å². The minimum absolute atomic E-state index is 0.0197. The molecule has 0 spiro atoms. The fraction of sp³-hybridized carbons (Fsp3) is 0.455. The molecule has 0 bridgehead atoms. The van der Waals surface area contributed by atoms with Gasteiger partial charge in [0.25, 0.3) is 16.7 Å². The number of hydrogen-bond donors (Lipinski definition) is 4. The number of hydrogen-bond acceptors (Lipinski definition) is 15. The number of imidazole rings is 1. The molecule has 1 aliphatic rings. The third-order valence-electron chi connectivity index (χ3n) is 7.08. The maximum atomic E-state index is 12.9. The summed E-state index contributed by atoms with van der Waals surface area (Å²) in [4.78, 5) is 74.1. The maximum absolute atomic E-state index is 12.9.